The van der Waals surface area contributed by atoms with Crippen LogP contribution in [0.5, 0.6) is 0 Å². The highest BCUT2D eigenvalue weighted by Crippen LogP contribution is 2.23. The van der Waals surface area contributed by atoms with E-state index in [2.05, 4.69) is 6.92 Å². The van der Waals surface area contributed by atoms with Gasteiger partial charge in [-0.2, -0.15) is 0 Å². The molecule has 2 rings (SSSR count). The van der Waals surface area contributed by atoms with Gasteiger partial charge in [-0.1, -0.05) is 38.0 Å². The Morgan fingerprint density at radius 3 is 2.76 bits per heavy atom. The molecule has 1 atom stereocenters. The number of para-hydroxylation sites is 1. The van der Waals surface area contributed by atoms with Crippen molar-refractivity contribution >= 4 is 11.8 Å². The van der Waals surface area contributed by atoms with Crippen LogP contribution in [0.3, 0.4) is 0 Å². The third kappa shape index (κ3) is 2.99. The van der Waals surface area contributed by atoms with E-state index in [4.69, 9.17) is 4.74 Å². The first-order valence-electron chi connectivity index (χ1n) is 6.34. The predicted molar refractivity (Wildman–Crippen MR) is 68.2 cm³/mol. The second-order valence-corrected chi connectivity index (χ2v) is 4.45. The summed E-state index contributed by atoms with van der Waals surface area (Å²) in [6.07, 6.45) is 4.37. The van der Waals surface area contributed by atoms with E-state index in [0.29, 0.717) is 6.54 Å². The van der Waals surface area contributed by atoms with E-state index in [1.54, 1.807) is 4.90 Å². The second kappa shape index (κ2) is 5.71. The fourth-order valence-electron chi connectivity index (χ4n) is 2.11. The van der Waals surface area contributed by atoms with Gasteiger partial charge in [-0.3, -0.25) is 4.90 Å². The van der Waals surface area contributed by atoms with Gasteiger partial charge in [0.1, 0.15) is 6.10 Å². The minimum Gasteiger partial charge on any atom is -0.444 e. The zero-order valence-corrected chi connectivity index (χ0v) is 10.3. The first kappa shape index (κ1) is 12.0. The number of benzene rings is 1. The van der Waals surface area contributed by atoms with Crippen LogP contribution < -0.4 is 4.90 Å². The maximum Gasteiger partial charge on any atom is 0.414 e. The summed E-state index contributed by atoms with van der Waals surface area (Å²) in [6.45, 7) is 2.86. The molecule has 1 aromatic rings. The van der Waals surface area contributed by atoms with E-state index in [1.165, 1.54) is 12.8 Å². The molecule has 1 aliphatic rings. The standard InChI is InChI=1S/C14H19NO2/c1-2-3-5-10-13-11-15(14(16)17-13)12-8-6-4-7-9-12/h4,6-9,13H,2-3,5,10-11H2,1H3/t13-/m1/s1. The minimum absolute atomic E-state index is 0.0641. The lowest BCUT2D eigenvalue weighted by atomic mass is 10.1. The zero-order chi connectivity index (χ0) is 12.1. The highest BCUT2D eigenvalue weighted by Gasteiger charge is 2.31. The number of hydrogen-bond donors (Lipinski definition) is 0. The van der Waals surface area contributed by atoms with Crippen LogP contribution >= 0.6 is 0 Å². The Bertz CT molecular complexity index is 364. The van der Waals surface area contributed by atoms with Gasteiger partial charge < -0.3 is 4.74 Å². The number of hydrogen-bond acceptors (Lipinski definition) is 2. The van der Waals surface area contributed by atoms with Gasteiger partial charge in [-0.15, -0.1) is 0 Å². The highest BCUT2D eigenvalue weighted by molar-refractivity contribution is 5.89. The van der Waals surface area contributed by atoms with Crippen molar-refractivity contribution in [3.8, 4) is 0 Å². The predicted octanol–water partition coefficient (Wildman–Crippen LogP) is 3.59. The molecule has 0 radical (unpaired) electrons. The molecule has 0 aromatic heterocycles. The van der Waals surface area contributed by atoms with Crippen molar-refractivity contribution < 1.29 is 9.53 Å². The van der Waals surface area contributed by atoms with E-state index in [-0.39, 0.29) is 12.2 Å². The summed E-state index contributed by atoms with van der Waals surface area (Å²) in [5.41, 5.74) is 0.926. The summed E-state index contributed by atoms with van der Waals surface area (Å²) in [5, 5.41) is 0. The molecule has 0 bridgehead atoms. The van der Waals surface area contributed by atoms with Crippen LogP contribution in [0.4, 0.5) is 10.5 Å². The van der Waals surface area contributed by atoms with E-state index in [1.807, 2.05) is 30.3 Å². The number of rotatable bonds is 5. The Balaban J connectivity index is 1.92. The summed E-state index contributed by atoms with van der Waals surface area (Å²) in [4.78, 5) is 13.4. The number of amides is 1. The summed E-state index contributed by atoms with van der Waals surface area (Å²) in [6, 6.07) is 9.70. The molecule has 0 spiro atoms. The molecule has 1 saturated heterocycles. The summed E-state index contributed by atoms with van der Waals surface area (Å²) in [5.74, 6) is 0. The fourth-order valence-corrected chi connectivity index (χ4v) is 2.11. The summed E-state index contributed by atoms with van der Waals surface area (Å²) >= 11 is 0. The van der Waals surface area contributed by atoms with Crippen molar-refractivity contribution in [2.24, 2.45) is 0 Å². The molecule has 0 N–H and O–H groups in total. The topological polar surface area (TPSA) is 29.5 Å². The molecule has 1 heterocycles. The normalized spacial score (nSPS) is 19.5. The monoisotopic (exact) mass is 233 g/mol. The number of carbonyl (C=O) groups excluding carboxylic acids is 1. The molecule has 1 fully saturated rings. The maximum atomic E-state index is 11.7. The molecule has 0 aliphatic carbocycles. The number of cyclic esters (lactones) is 1. The fraction of sp³-hybridized carbons (Fsp3) is 0.500. The molecule has 1 amide bonds. The van der Waals surface area contributed by atoms with Crippen molar-refractivity contribution in [3.63, 3.8) is 0 Å². The average Bonchev–Trinajstić information content (AvgIpc) is 2.72. The SMILES string of the molecule is CCCCC[C@@H]1CN(c2ccccc2)C(=O)O1. The van der Waals surface area contributed by atoms with Gasteiger partial charge in [-0.25, -0.2) is 4.79 Å². The summed E-state index contributed by atoms with van der Waals surface area (Å²) in [7, 11) is 0. The van der Waals surface area contributed by atoms with Gasteiger partial charge in [0.2, 0.25) is 0 Å². The Morgan fingerprint density at radius 2 is 2.06 bits per heavy atom. The van der Waals surface area contributed by atoms with E-state index >= 15 is 0 Å². The van der Waals surface area contributed by atoms with Gasteiger partial charge in [0.15, 0.2) is 0 Å². The lowest BCUT2D eigenvalue weighted by Crippen LogP contribution is -2.24. The Labute approximate surface area is 102 Å². The Morgan fingerprint density at radius 1 is 1.29 bits per heavy atom. The van der Waals surface area contributed by atoms with Gasteiger partial charge in [-0.05, 0) is 25.0 Å². The van der Waals surface area contributed by atoms with E-state index < -0.39 is 0 Å². The first-order chi connectivity index (χ1) is 8.31. The van der Waals surface area contributed by atoms with Crippen molar-refractivity contribution in [1.82, 2.24) is 0 Å². The zero-order valence-electron chi connectivity index (χ0n) is 10.3. The lowest BCUT2D eigenvalue weighted by Gasteiger charge is -2.12. The molecule has 17 heavy (non-hydrogen) atoms. The number of anilines is 1. The molecular formula is C14H19NO2. The lowest BCUT2D eigenvalue weighted by molar-refractivity contribution is 0.135. The van der Waals surface area contributed by atoms with Crippen molar-refractivity contribution in [2.45, 2.75) is 38.7 Å². The average molecular weight is 233 g/mol. The molecule has 92 valence electrons. The van der Waals surface area contributed by atoms with Gasteiger partial charge in [0, 0.05) is 5.69 Å². The third-order valence-electron chi connectivity index (χ3n) is 3.07. The van der Waals surface area contributed by atoms with Crippen LogP contribution in [0.2, 0.25) is 0 Å². The Kier molecular flexibility index (Phi) is 4.02. The third-order valence-corrected chi connectivity index (χ3v) is 3.07. The molecule has 3 nitrogen and oxygen atoms in total. The summed E-state index contributed by atoms with van der Waals surface area (Å²) < 4.78 is 5.36. The quantitative estimate of drug-likeness (QED) is 0.727. The van der Waals surface area contributed by atoms with Gasteiger partial charge >= 0.3 is 6.09 Å². The number of ether oxygens (including phenoxy) is 1. The van der Waals surface area contributed by atoms with Crippen LogP contribution in [0.25, 0.3) is 0 Å². The van der Waals surface area contributed by atoms with Crippen LogP contribution in [-0.2, 0) is 4.74 Å². The smallest absolute Gasteiger partial charge is 0.414 e. The van der Waals surface area contributed by atoms with Gasteiger partial charge in [0.25, 0.3) is 0 Å². The number of unbranched alkanes of at least 4 members (excludes halogenated alkanes) is 2. The molecule has 1 aromatic carbocycles. The van der Waals surface area contributed by atoms with Gasteiger partial charge in [0.05, 0.1) is 6.54 Å². The van der Waals surface area contributed by atoms with Crippen LogP contribution in [0, 0.1) is 0 Å². The molecule has 0 unspecified atom stereocenters. The minimum atomic E-state index is -0.210. The van der Waals surface area contributed by atoms with Crippen molar-refractivity contribution in [2.75, 3.05) is 11.4 Å². The van der Waals surface area contributed by atoms with Crippen LogP contribution in [-0.4, -0.2) is 18.7 Å². The second-order valence-electron chi connectivity index (χ2n) is 4.45. The molecule has 0 saturated carbocycles. The van der Waals surface area contributed by atoms with E-state index in [9.17, 15) is 4.79 Å². The maximum absolute atomic E-state index is 11.7. The number of carbonyl (C=O) groups is 1. The largest absolute Gasteiger partial charge is 0.444 e. The molecule has 1 aliphatic heterocycles. The van der Waals surface area contributed by atoms with E-state index in [0.717, 1.165) is 18.5 Å². The Hall–Kier alpha value is -1.51. The van der Waals surface area contributed by atoms with Crippen LogP contribution in [0.1, 0.15) is 32.6 Å². The van der Waals surface area contributed by atoms with Crippen LogP contribution in [0.15, 0.2) is 30.3 Å². The molecule has 3 heteroatoms. The highest BCUT2D eigenvalue weighted by atomic mass is 16.6. The number of nitrogens with zero attached hydrogens (tertiary/aromatic N) is 1. The van der Waals surface area contributed by atoms with Crippen molar-refractivity contribution in [1.29, 1.82) is 0 Å². The first-order valence-corrected chi connectivity index (χ1v) is 6.34. The van der Waals surface area contributed by atoms with Crippen molar-refractivity contribution in [3.05, 3.63) is 30.3 Å². The molecular weight excluding hydrogens is 214 g/mol.